The Bertz CT molecular complexity index is 1730. The average Bonchev–Trinajstić information content (AvgIpc) is 3.41. The highest BCUT2D eigenvalue weighted by molar-refractivity contribution is 7.98. The molecule has 2 amide bonds. The van der Waals surface area contributed by atoms with Crippen LogP contribution in [-0.2, 0) is 26.2 Å². The standard InChI is InChI=1S/C35H49N5O8S2/c1-23(41)36-27-11-9-24-21-31(46-2)33(47-3)34(48-4)32(24)25-10-12-28(30(42)22-26(25)27)37-29(13-20-49-5)35(43)38-14-8-17-40(19-18-38)50(44,45)39-15-6-7-16-39/h10,12,21-22,27,29H,6-9,11,13-20H2,1-5H3,(H,36,41)(H,37,42). The predicted octanol–water partition coefficient (Wildman–Crippen LogP) is 3.27. The molecule has 5 rings (SSSR count). The van der Waals surface area contributed by atoms with Gasteiger partial charge in [-0.15, -0.1) is 0 Å². The van der Waals surface area contributed by atoms with Gasteiger partial charge in [0.15, 0.2) is 11.5 Å². The number of nitrogens with zero attached hydrogens (tertiary/aromatic N) is 3. The van der Waals surface area contributed by atoms with E-state index < -0.39 is 22.3 Å². The number of anilines is 1. The van der Waals surface area contributed by atoms with Crippen molar-refractivity contribution in [3.63, 3.8) is 0 Å². The highest BCUT2D eigenvalue weighted by Gasteiger charge is 2.35. The van der Waals surface area contributed by atoms with Crippen LogP contribution in [0.25, 0.3) is 11.1 Å². The third kappa shape index (κ3) is 8.00. The lowest BCUT2D eigenvalue weighted by Gasteiger charge is -2.28. The number of nitrogens with one attached hydrogen (secondary N) is 2. The number of fused-ring (bicyclic) bond motifs is 3. The van der Waals surface area contributed by atoms with Gasteiger partial charge in [0, 0.05) is 51.8 Å². The topological polar surface area (TPSA) is 147 Å². The maximum atomic E-state index is 14.1. The first-order valence-corrected chi connectivity index (χ1v) is 19.9. The van der Waals surface area contributed by atoms with Crippen molar-refractivity contribution in [3.05, 3.63) is 45.6 Å². The van der Waals surface area contributed by atoms with Gasteiger partial charge >= 0.3 is 0 Å². The van der Waals surface area contributed by atoms with Gasteiger partial charge in [-0.25, -0.2) is 0 Å². The number of aryl methyl sites for hydroxylation is 1. The maximum Gasteiger partial charge on any atom is 0.282 e. The van der Waals surface area contributed by atoms with Crippen LogP contribution in [0.4, 0.5) is 5.69 Å². The molecule has 2 aromatic carbocycles. The van der Waals surface area contributed by atoms with E-state index in [1.54, 1.807) is 36.9 Å². The molecule has 0 bridgehead atoms. The number of methoxy groups -OCH3 is 3. The van der Waals surface area contributed by atoms with Crippen molar-refractivity contribution in [1.29, 1.82) is 0 Å². The lowest BCUT2D eigenvalue weighted by atomic mass is 9.95. The van der Waals surface area contributed by atoms with E-state index in [1.807, 2.05) is 18.4 Å². The minimum absolute atomic E-state index is 0.174. The number of carbonyl (C=O) groups is 2. The Hall–Kier alpha value is -3.53. The number of ether oxygens (including phenoxy) is 3. The molecule has 2 N–H and O–H groups in total. The van der Waals surface area contributed by atoms with E-state index in [0.717, 1.165) is 24.0 Å². The van der Waals surface area contributed by atoms with Crippen molar-refractivity contribution in [2.45, 2.75) is 57.5 Å². The third-order valence-electron chi connectivity index (χ3n) is 9.64. The second kappa shape index (κ2) is 16.7. The van der Waals surface area contributed by atoms with Crippen molar-refractivity contribution < 1.29 is 32.2 Å². The zero-order chi connectivity index (χ0) is 36.0. The minimum atomic E-state index is -3.57. The van der Waals surface area contributed by atoms with Gasteiger partial charge in [0.05, 0.1) is 33.1 Å². The van der Waals surface area contributed by atoms with Crippen LogP contribution in [0, 0.1) is 0 Å². The molecule has 2 atom stereocenters. The first-order chi connectivity index (χ1) is 24.0. The van der Waals surface area contributed by atoms with Gasteiger partial charge in [-0.2, -0.15) is 28.8 Å². The van der Waals surface area contributed by atoms with Gasteiger partial charge < -0.3 is 29.7 Å². The van der Waals surface area contributed by atoms with Crippen molar-refractivity contribution in [2.75, 3.05) is 77.9 Å². The second-order valence-electron chi connectivity index (χ2n) is 12.8. The molecule has 2 saturated heterocycles. The number of thioether (sulfide) groups is 1. The van der Waals surface area contributed by atoms with Crippen LogP contribution in [0.2, 0.25) is 0 Å². The number of rotatable bonds is 12. The Morgan fingerprint density at radius 2 is 1.64 bits per heavy atom. The Morgan fingerprint density at radius 1 is 0.940 bits per heavy atom. The first-order valence-electron chi connectivity index (χ1n) is 17.1. The van der Waals surface area contributed by atoms with E-state index in [2.05, 4.69) is 10.6 Å². The molecular formula is C35H49N5O8S2. The van der Waals surface area contributed by atoms with Crippen molar-refractivity contribution in [2.24, 2.45) is 0 Å². The van der Waals surface area contributed by atoms with E-state index in [4.69, 9.17) is 14.2 Å². The highest BCUT2D eigenvalue weighted by atomic mass is 32.2. The van der Waals surface area contributed by atoms with Crippen molar-refractivity contribution in [3.8, 4) is 28.4 Å². The first kappa shape index (κ1) is 37.7. The number of hydrogen-bond donors (Lipinski definition) is 2. The molecule has 1 aliphatic carbocycles. The van der Waals surface area contributed by atoms with Crippen LogP contribution in [0.15, 0.2) is 29.1 Å². The fourth-order valence-electron chi connectivity index (χ4n) is 7.16. The Balaban J connectivity index is 1.49. The number of amides is 2. The van der Waals surface area contributed by atoms with Gasteiger partial charge in [-0.3, -0.25) is 14.4 Å². The number of hydrogen-bond acceptors (Lipinski definition) is 10. The molecule has 2 heterocycles. The molecular weight excluding hydrogens is 683 g/mol. The molecule has 0 saturated carbocycles. The normalized spacial score (nSPS) is 19.0. The van der Waals surface area contributed by atoms with Gasteiger partial charge in [0.25, 0.3) is 10.2 Å². The predicted molar refractivity (Wildman–Crippen MR) is 196 cm³/mol. The fraction of sp³-hybridized carbons (Fsp3) is 0.571. The molecule has 0 aromatic heterocycles. The van der Waals surface area contributed by atoms with Crippen LogP contribution >= 0.6 is 11.8 Å². The summed E-state index contributed by atoms with van der Waals surface area (Å²) in [6.07, 6.45) is 5.77. The van der Waals surface area contributed by atoms with Gasteiger partial charge in [-0.05, 0) is 85.4 Å². The summed E-state index contributed by atoms with van der Waals surface area (Å²) in [5.74, 6) is 1.65. The molecule has 274 valence electrons. The molecule has 2 aliphatic heterocycles. The molecule has 2 unspecified atom stereocenters. The van der Waals surface area contributed by atoms with Crippen molar-refractivity contribution >= 4 is 39.5 Å². The molecule has 0 radical (unpaired) electrons. The largest absolute Gasteiger partial charge is 0.493 e. The molecule has 2 fully saturated rings. The van der Waals surface area contributed by atoms with Crippen LogP contribution in [0.3, 0.4) is 0 Å². The van der Waals surface area contributed by atoms with Gasteiger partial charge in [0.2, 0.25) is 23.0 Å². The molecule has 15 heteroatoms. The fourth-order valence-corrected chi connectivity index (χ4v) is 9.34. The van der Waals surface area contributed by atoms with Crippen LogP contribution < -0.4 is 30.3 Å². The summed E-state index contributed by atoms with van der Waals surface area (Å²) >= 11 is 1.60. The van der Waals surface area contributed by atoms with Gasteiger partial charge in [0.1, 0.15) is 6.04 Å². The average molecular weight is 732 g/mol. The maximum absolute atomic E-state index is 14.1. The summed E-state index contributed by atoms with van der Waals surface area (Å²) in [5.41, 5.74) is 2.89. The van der Waals surface area contributed by atoms with E-state index in [-0.39, 0.29) is 36.0 Å². The van der Waals surface area contributed by atoms with E-state index >= 15 is 0 Å². The summed E-state index contributed by atoms with van der Waals surface area (Å²) in [5, 5.41) is 6.29. The minimum Gasteiger partial charge on any atom is -0.493 e. The van der Waals surface area contributed by atoms with E-state index in [1.165, 1.54) is 28.7 Å². The van der Waals surface area contributed by atoms with Gasteiger partial charge in [-0.1, -0.05) is 6.07 Å². The molecule has 13 nitrogen and oxygen atoms in total. The Morgan fingerprint density at radius 3 is 2.30 bits per heavy atom. The molecule has 2 aromatic rings. The van der Waals surface area contributed by atoms with Crippen LogP contribution in [-0.4, -0.2) is 112 Å². The van der Waals surface area contributed by atoms with Crippen molar-refractivity contribution in [1.82, 2.24) is 18.8 Å². The molecule has 0 spiro atoms. The Kier molecular flexibility index (Phi) is 12.6. The lowest BCUT2D eigenvalue weighted by molar-refractivity contribution is -0.132. The Labute approximate surface area is 299 Å². The monoisotopic (exact) mass is 731 g/mol. The SMILES string of the molecule is COc1cc2c(c(OC)c1OC)-c1ccc(NC(CCSC)C(=O)N3CCCN(S(=O)(=O)N4CCCC4)CC3)c(=O)cc1C(NC(C)=O)CC2. The zero-order valence-electron chi connectivity index (χ0n) is 29.6. The highest BCUT2D eigenvalue weighted by Crippen LogP contribution is 2.50. The summed E-state index contributed by atoms with van der Waals surface area (Å²) in [7, 11) is 1.07. The van der Waals surface area contributed by atoms with E-state index in [9.17, 15) is 22.8 Å². The smallest absolute Gasteiger partial charge is 0.282 e. The molecule has 3 aliphatic rings. The molecule has 50 heavy (non-hydrogen) atoms. The summed E-state index contributed by atoms with van der Waals surface area (Å²) in [6, 6.07) is 5.77. The van der Waals surface area contributed by atoms with Crippen LogP contribution in [0.5, 0.6) is 17.2 Å². The number of benzene rings is 1. The summed E-state index contributed by atoms with van der Waals surface area (Å²) < 4.78 is 46.7. The van der Waals surface area contributed by atoms with E-state index in [0.29, 0.717) is 86.0 Å². The third-order valence-corrected chi connectivity index (χ3v) is 12.3. The lowest BCUT2D eigenvalue weighted by Crippen LogP contribution is -2.47. The number of carbonyl (C=O) groups excluding carboxylic acids is 2. The quantitative estimate of drug-likeness (QED) is 0.334. The van der Waals surface area contributed by atoms with Crippen LogP contribution in [0.1, 0.15) is 56.2 Å². The second-order valence-corrected chi connectivity index (χ2v) is 15.7. The summed E-state index contributed by atoms with van der Waals surface area (Å²) in [4.78, 5) is 42.2. The zero-order valence-corrected chi connectivity index (χ0v) is 31.2. The summed E-state index contributed by atoms with van der Waals surface area (Å²) in [6.45, 7) is 3.78.